The number of rotatable bonds is 3. The fourth-order valence-corrected chi connectivity index (χ4v) is 4.41. The Morgan fingerprint density at radius 1 is 1.25 bits per heavy atom. The van der Waals surface area contributed by atoms with Gasteiger partial charge in [-0.1, -0.05) is 6.07 Å². The molecule has 0 bridgehead atoms. The largest absolute Gasteiger partial charge is 0.478 e. The van der Waals surface area contributed by atoms with Crippen molar-refractivity contribution in [2.45, 2.75) is 12.2 Å². The minimum atomic E-state index is -1.02. The van der Waals surface area contributed by atoms with Crippen molar-refractivity contribution in [1.82, 2.24) is 14.8 Å². The number of anilines is 1. The molecule has 0 saturated carbocycles. The Balaban J connectivity index is 1.88. The molecule has 8 nitrogen and oxygen atoms in total. The number of amides is 1. The molecule has 4 rings (SSSR count). The molecular formula is C19H16N4O4S. The van der Waals surface area contributed by atoms with Gasteiger partial charge in [0.05, 0.1) is 27.9 Å². The van der Waals surface area contributed by atoms with E-state index < -0.39 is 5.97 Å². The van der Waals surface area contributed by atoms with Crippen LogP contribution in [-0.4, -0.2) is 37.5 Å². The molecule has 142 valence electrons. The van der Waals surface area contributed by atoms with Crippen LogP contribution in [-0.2, 0) is 4.79 Å². The molecule has 3 heterocycles. The van der Waals surface area contributed by atoms with Gasteiger partial charge in [-0.25, -0.2) is 9.48 Å². The summed E-state index contributed by atoms with van der Waals surface area (Å²) in [5, 5.41) is 16.2. The topological polar surface area (TPSA) is 117 Å². The maximum Gasteiger partial charge on any atom is 0.335 e. The van der Waals surface area contributed by atoms with E-state index >= 15 is 0 Å². The summed E-state index contributed by atoms with van der Waals surface area (Å²) in [5.74, 6) is -0.520. The Morgan fingerprint density at radius 2 is 2.00 bits per heavy atom. The highest BCUT2D eigenvalue weighted by atomic mass is 32.2. The number of hydrogen-bond donors (Lipinski definition) is 3. The second-order valence-electron chi connectivity index (χ2n) is 6.31. The summed E-state index contributed by atoms with van der Waals surface area (Å²) in [7, 11) is 0. The van der Waals surface area contributed by atoms with Crippen molar-refractivity contribution in [3.05, 3.63) is 75.3 Å². The number of fused-ring (bicyclic) bond motifs is 1. The first kappa shape index (κ1) is 18.1. The zero-order valence-corrected chi connectivity index (χ0v) is 15.6. The SMILES string of the molecule is Cc1nn(-c2ccc(C(=O)O)cc2)c2c1C(c1ccc[nH]c1=O)SCC(=O)N2. The van der Waals surface area contributed by atoms with Crippen LogP contribution in [0.15, 0.2) is 47.4 Å². The third-order valence-electron chi connectivity index (χ3n) is 4.50. The highest BCUT2D eigenvalue weighted by Gasteiger charge is 2.31. The highest BCUT2D eigenvalue weighted by Crippen LogP contribution is 2.42. The van der Waals surface area contributed by atoms with E-state index in [0.717, 1.165) is 5.56 Å². The first-order chi connectivity index (χ1) is 13.5. The van der Waals surface area contributed by atoms with E-state index in [4.69, 9.17) is 5.11 Å². The van der Waals surface area contributed by atoms with Crippen molar-refractivity contribution < 1.29 is 14.7 Å². The average Bonchev–Trinajstić information content (AvgIpc) is 2.88. The van der Waals surface area contributed by atoms with E-state index in [2.05, 4.69) is 15.4 Å². The number of benzene rings is 1. The molecule has 0 fully saturated rings. The summed E-state index contributed by atoms with van der Waals surface area (Å²) in [4.78, 5) is 38.4. The molecule has 0 saturated heterocycles. The first-order valence-electron chi connectivity index (χ1n) is 8.48. The molecule has 1 aliphatic heterocycles. The van der Waals surface area contributed by atoms with E-state index in [1.165, 1.54) is 23.9 Å². The number of carboxylic acids is 1. The van der Waals surface area contributed by atoms with Gasteiger partial charge in [-0.05, 0) is 37.3 Å². The van der Waals surface area contributed by atoms with Crippen molar-refractivity contribution in [2.75, 3.05) is 11.1 Å². The third kappa shape index (κ3) is 3.09. The number of hydrogen-bond acceptors (Lipinski definition) is 5. The Morgan fingerprint density at radius 3 is 2.68 bits per heavy atom. The van der Waals surface area contributed by atoms with Gasteiger partial charge in [0.25, 0.3) is 5.56 Å². The lowest BCUT2D eigenvalue weighted by Gasteiger charge is -2.14. The number of pyridine rings is 1. The molecule has 0 aliphatic carbocycles. The van der Waals surface area contributed by atoms with Gasteiger partial charge in [0.2, 0.25) is 5.91 Å². The number of H-pyrrole nitrogens is 1. The van der Waals surface area contributed by atoms with Gasteiger partial charge in [0, 0.05) is 17.3 Å². The van der Waals surface area contributed by atoms with E-state index in [0.29, 0.717) is 22.8 Å². The van der Waals surface area contributed by atoms with Crippen LogP contribution in [0.1, 0.15) is 32.4 Å². The molecule has 3 N–H and O–H groups in total. The van der Waals surface area contributed by atoms with Crippen LogP contribution in [0.5, 0.6) is 0 Å². The van der Waals surface area contributed by atoms with Gasteiger partial charge in [-0.3, -0.25) is 9.59 Å². The monoisotopic (exact) mass is 396 g/mol. The molecule has 1 amide bonds. The zero-order chi connectivity index (χ0) is 19.8. The van der Waals surface area contributed by atoms with Crippen LogP contribution in [0.2, 0.25) is 0 Å². The van der Waals surface area contributed by atoms with Crippen LogP contribution in [0, 0.1) is 6.92 Å². The summed E-state index contributed by atoms with van der Waals surface area (Å²) < 4.78 is 1.57. The van der Waals surface area contributed by atoms with Crippen LogP contribution < -0.4 is 10.9 Å². The van der Waals surface area contributed by atoms with Crippen molar-refractivity contribution in [1.29, 1.82) is 0 Å². The molecule has 0 spiro atoms. The lowest BCUT2D eigenvalue weighted by Crippen LogP contribution is -2.15. The van der Waals surface area contributed by atoms with Crippen LogP contribution in [0.3, 0.4) is 0 Å². The summed E-state index contributed by atoms with van der Waals surface area (Å²) in [5.41, 5.74) is 2.55. The number of aryl methyl sites for hydroxylation is 1. The molecule has 28 heavy (non-hydrogen) atoms. The molecule has 1 unspecified atom stereocenters. The number of carbonyl (C=O) groups is 2. The van der Waals surface area contributed by atoms with E-state index in [-0.39, 0.29) is 28.0 Å². The van der Waals surface area contributed by atoms with Gasteiger partial charge in [0.1, 0.15) is 5.82 Å². The maximum absolute atomic E-state index is 12.4. The molecule has 3 aromatic rings. The van der Waals surface area contributed by atoms with Crippen molar-refractivity contribution >= 4 is 29.5 Å². The lowest BCUT2D eigenvalue weighted by atomic mass is 10.1. The number of aromatic carboxylic acids is 1. The van der Waals surface area contributed by atoms with Gasteiger partial charge < -0.3 is 15.4 Å². The van der Waals surface area contributed by atoms with Gasteiger partial charge >= 0.3 is 5.97 Å². The lowest BCUT2D eigenvalue weighted by molar-refractivity contribution is -0.113. The van der Waals surface area contributed by atoms with Crippen molar-refractivity contribution in [2.24, 2.45) is 0 Å². The van der Waals surface area contributed by atoms with Gasteiger partial charge in [0.15, 0.2) is 0 Å². The average molecular weight is 396 g/mol. The van der Waals surface area contributed by atoms with Gasteiger partial charge in [-0.15, -0.1) is 11.8 Å². The Labute approximate surface area is 163 Å². The minimum Gasteiger partial charge on any atom is -0.478 e. The number of nitrogens with one attached hydrogen (secondary N) is 2. The molecule has 2 aromatic heterocycles. The van der Waals surface area contributed by atoms with Crippen LogP contribution in [0.4, 0.5) is 5.82 Å². The number of aromatic amines is 1. The molecule has 9 heteroatoms. The molecule has 0 radical (unpaired) electrons. The molecular weight excluding hydrogens is 380 g/mol. The quantitative estimate of drug-likeness (QED) is 0.626. The summed E-state index contributed by atoms with van der Waals surface area (Å²) >= 11 is 1.37. The molecule has 1 atom stereocenters. The van der Waals surface area contributed by atoms with E-state index in [1.54, 1.807) is 35.1 Å². The minimum absolute atomic E-state index is 0.159. The summed E-state index contributed by atoms with van der Waals surface area (Å²) in [6.07, 6.45) is 1.57. The van der Waals surface area contributed by atoms with Crippen molar-refractivity contribution in [3.8, 4) is 5.69 Å². The fraction of sp³-hybridized carbons (Fsp3) is 0.158. The van der Waals surface area contributed by atoms with Crippen LogP contribution >= 0.6 is 11.8 Å². The van der Waals surface area contributed by atoms with Crippen molar-refractivity contribution in [3.63, 3.8) is 0 Å². The van der Waals surface area contributed by atoms with E-state index in [1.807, 2.05) is 6.92 Å². The first-order valence-corrected chi connectivity index (χ1v) is 9.53. The second-order valence-corrected chi connectivity index (χ2v) is 7.40. The van der Waals surface area contributed by atoms with Crippen LogP contribution in [0.25, 0.3) is 5.69 Å². The third-order valence-corrected chi connectivity index (χ3v) is 5.75. The predicted octanol–water partition coefficient (Wildman–Crippen LogP) is 2.34. The number of carboxylic acid groups (broad SMARTS) is 1. The smallest absolute Gasteiger partial charge is 0.335 e. The van der Waals surface area contributed by atoms with Gasteiger partial charge in [-0.2, -0.15) is 5.10 Å². The number of nitrogens with zero attached hydrogens (tertiary/aromatic N) is 2. The number of carbonyl (C=O) groups excluding carboxylic acids is 1. The number of thioether (sulfide) groups is 1. The zero-order valence-electron chi connectivity index (χ0n) is 14.8. The Hall–Kier alpha value is -3.33. The predicted molar refractivity (Wildman–Crippen MR) is 105 cm³/mol. The maximum atomic E-state index is 12.4. The fourth-order valence-electron chi connectivity index (χ4n) is 3.20. The Bertz CT molecular complexity index is 1130. The normalized spacial score (nSPS) is 16.2. The Kier molecular flexibility index (Phi) is 4.52. The second kappa shape index (κ2) is 7.01. The number of aromatic nitrogens is 3. The highest BCUT2D eigenvalue weighted by molar-refractivity contribution is 8.00. The molecule has 1 aromatic carbocycles. The van der Waals surface area contributed by atoms with E-state index in [9.17, 15) is 14.4 Å². The standard InChI is InChI=1S/C19H16N4O4S/c1-10-15-16(13-3-2-8-20-18(13)25)28-9-14(24)21-17(15)23(22-10)12-6-4-11(5-7-12)19(26)27/h2-8,16H,9H2,1H3,(H,20,25)(H,21,24)(H,26,27). The summed E-state index contributed by atoms with van der Waals surface area (Å²) in [6.45, 7) is 1.82. The summed E-state index contributed by atoms with van der Waals surface area (Å²) in [6, 6.07) is 9.72. The molecule has 1 aliphatic rings.